The Labute approximate surface area is 127 Å². The SMILES string of the molecule is CCCCOc1ccc(C(CCCC)N(O)C(C)=O)cc1. The molecular weight excluding hydrogens is 266 g/mol. The third kappa shape index (κ3) is 5.76. The molecular formula is C17H27NO3. The Morgan fingerprint density at radius 1 is 1.19 bits per heavy atom. The highest BCUT2D eigenvalue weighted by Gasteiger charge is 2.20. The molecule has 0 saturated carbocycles. The normalized spacial score (nSPS) is 12.0. The smallest absolute Gasteiger partial charge is 0.243 e. The number of nitrogens with zero attached hydrogens (tertiary/aromatic N) is 1. The van der Waals surface area contributed by atoms with Crippen LogP contribution in [0.15, 0.2) is 24.3 Å². The lowest BCUT2D eigenvalue weighted by Crippen LogP contribution is -2.29. The van der Waals surface area contributed by atoms with Crippen molar-refractivity contribution < 1.29 is 14.7 Å². The lowest BCUT2D eigenvalue weighted by molar-refractivity contribution is -0.174. The van der Waals surface area contributed by atoms with Crippen molar-refractivity contribution in [1.82, 2.24) is 5.06 Å². The van der Waals surface area contributed by atoms with Crippen molar-refractivity contribution in [3.05, 3.63) is 29.8 Å². The highest BCUT2D eigenvalue weighted by molar-refractivity contribution is 5.72. The van der Waals surface area contributed by atoms with Crippen LogP contribution in [0.5, 0.6) is 5.75 Å². The summed E-state index contributed by atoms with van der Waals surface area (Å²) in [4.78, 5) is 11.4. The first-order valence-electron chi connectivity index (χ1n) is 7.81. The van der Waals surface area contributed by atoms with Gasteiger partial charge in [-0.05, 0) is 30.5 Å². The summed E-state index contributed by atoms with van der Waals surface area (Å²) in [7, 11) is 0. The molecule has 1 aromatic rings. The molecule has 0 radical (unpaired) electrons. The van der Waals surface area contributed by atoms with Crippen LogP contribution in [0.2, 0.25) is 0 Å². The number of hydrogen-bond acceptors (Lipinski definition) is 3. The van der Waals surface area contributed by atoms with Crippen molar-refractivity contribution in [2.45, 2.75) is 58.9 Å². The average molecular weight is 293 g/mol. The van der Waals surface area contributed by atoms with E-state index in [4.69, 9.17) is 4.74 Å². The molecule has 118 valence electrons. The van der Waals surface area contributed by atoms with Gasteiger partial charge in [0.15, 0.2) is 0 Å². The first kappa shape index (κ1) is 17.5. The van der Waals surface area contributed by atoms with Crippen LogP contribution in [0.25, 0.3) is 0 Å². The van der Waals surface area contributed by atoms with E-state index in [2.05, 4.69) is 13.8 Å². The maximum atomic E-state index is 11.4. The number of benzene rings is 1. The minimum Gasteiger partial charge on any atom is -0.494 e. The Kier molecular flexibility index (Phi) is 7.83. The second-order valence-corrected chi connectivity index (χ2v) is 5.29. The summed E-state index contributed by atoms with van der Waals surface area (Å²) in [6.07, 6.45) is 4.89. The number of rotatable bonds is 9. The van der Waals surface area contributed by atoms with E-state index in [9.17, 15) is 10.0 Å². The zero-order valence-corrected chi connectivity index (χ0v) is 13.3. The minimum absolute atomic E-state index is 0.285. The number of ether oxygens (including phenoxy) is 1. The largest absolute Gasteiger partial charge is 0.494 e. The fourth-order valence-electron chi connectivity index (χ4n) is 2.17. The van der Waals surface area contributed by atoms with Gasteiger partial charge in [-0.2, -0.15) is 0 Å². The molecule has 1 N–H and O–H groups in total. The number of carbonyl (C=O) groups is 1. The van der Waals surface area contributed by atoms with Crippen LogP contribution >= 0.6 is 0 Å². The molecule has 21 heavy (non-hydrogen) atoms. The molecule has 0 aliphatic heterocycles. The van der Waals surface area contributed by atoms with Crippen LogP contribution in [-0.2, 0) is 4.79 Å². The van der Waals surface area contributed by atoms with E-state index in [1.807, 2.05) is 24.3 Å². The second kappa shape index (κ2) is 9.40. The molecule has 1 rings (SSSR count). The molecule has 0 fully saturated rings. The van der Waals surface area contributed by atoms with Crippen LogP contribution in [0.1, 0.15) is 64.5 Å². The molecule has 1 aromatic carbocycles. The summed E-state index contributed by atoms with van der Waals surface area (Å²) in [5, 5.41) is 10.8. The first-order chi connectivity index (χ1) is 10.1. The summed E-state index contributed by atoms with van der Waals surface area (Å²) in [5.41, 5.74) is 0.934. The molecule has 0 heterocycles. The van der Waals surface area contributed by atoms with Crippen LogP contribution in [0.3, 0.4) is 0 Å². The van der Waals surface area contributed by atoms with E-state index in [-0.39, 0.29) is 11.9 Å². The van der Waals surface area contributed by atoms with Crippen LogP contribution in [0, 0.1) is 0 Å². The van der Waals surface area contributed by atoms with Gasteiger partial charge in [0, 0.05) is 6.92 Å². The van der Waals surface area contributed by atoms with Gasteiger partial charge < -0.3 is 4.74 Å². The topological polar surface area (TPSA) is 49.8 Å². The number of carbonyl (C=O) groups excluding carboxylic acids is 1. The highest BCUT2D eigenvalue weighted by Crippen LogP contribution is 2.27. The van der Waals surface area contributed by atoms with Gasteiger partial charge in [0.1, 0.15) is 5.75 Å². The van der Waals surface area contributed by atoms with Crippen molar-refractivity contribution in [3.8, 4) is 5.75 Å². The third-order valence-corrected chi connectivity index (χ3v) is 3.48. The summed E-state index contributed by atoms with van der Waals surface area (Å²) < 4.78 is 5.63. The highest BCUT2D eigenvalue weighted by atomic mass is 16.5. The number of unbranched alkanes of at least 4 members (excludes halogenated alkanes) is 2. The Balaban J connectivity index is 2.75. The molecule has 4 nitrogen and oxygen atoms in total. The maximum absolute atomic E-state index is 11.4. The van der Waals surface area contributed by atoms with E-state index < -0.39 is 0 Å². The first-order valence-corrected chi connectivity index (χ1v) is 7.81. The summed E-state index contributed by atoms with van der Waals surface area (Å²) in [5.74, 6) is 0.494. The molecule has 0 aromatic heterocycles. The summed E-state index contributed by atoms with van der Waals surface area (Å²) in [6.45, 7) is 6.31. The zero-order valence-electron chi connectivity index (χ0n) is 13.3. The van der Waals surface area contributed by atoms with E-state index >= 15 is 0 Å². The van der Waals surface area contributed by atoms with Crippen LogP contribution in [0.4, 0.5) is 0 Å². The van der Waals surface area contributed by atoms with Gasteiger partial charge in [-0.1, -0.05) is 45.2 Å². The second-order valence-electron chi connectivity index (χ2n) is 5.29. The van der Waals surface area contributed by atoms with E-state index in [0.717, 1.165) is 48.5 Å². The Morgan fingerprint density at radius 2 is 1.81 bits per heavy atom. The van der Waals surface area contributed by atoms with Crippen molar-refractivity contribution in [3.63, 3.8) is 0 Å². The molecule has 0 aliphatic carbocycles. The molecule has 0 bridgehead atoms. The van der Waals surface area contributed by atoms with Crippen LogP contribution < -0.4 is 4.74 Å². The molecule has 4 heteroatoms. The predicted molar refractivity (Wildman–Crippen MR) is 83.4 cm³/mol. The Morgan fingerprint density at radius 3 is 2.33 bits per heavy atom. The van der Waals surface area contributed by atoms with Crippen molar-refractivity contribution in [2.24, 2.45) is 0 Å². The Hall–Kier alpha value is -1.55. The predicted octanol–water partition coefficient (Wildman–Crippen LogP) is 4.33. The molecule has 0 spiro atoms. The van der Waals surface area contributed by atoms with Crippen LogP contribution in [-0.4, -0.2) is 22.8 Å². The van der Waals surface area contributed by atoms with Gasteiger partial charge >= 0.3 is 0 Å². The molecule has 1 amide bonds. The average Bonchev–Trinajstić information content (AvgIpc) is 2.49. The Bertz CT molecular complexity index is 417. The van der Waals surface area contributed by atoms with Crippen molar-refractivity contribution in [2.75, 3.05) is 6.61 Å². The summed E-state index contributed by atoms with van der Waals surface area (Å²) >= 11 is 0. The summed E-state index contributed by atoms with van der Waals surface area (Å²) in [6, 6.07) is 7.37. The third-order valence-electron chi connectivity index (χ3n) is 3.48. The minimum atomic E-state index is -0.334. The van der Waals surface area contributed by atoms with E-state index in [0.29, 0.717) is 6.61 Å². The maximum Gasteiger partial charge on any atom is 0.243 e. The zero-order chi connectivity index (χ0) is 15.7. The van der Waals surface area contributed by atoms with Crippen molar-refractivity contribution >= 4 is 5.91 Å². The number of hydroxylamine groups is 2. The van der Waals surface area contributed by atoms with Crippen molar-refractivity contribution in [1.29, 1.82) is 0 Å². The lowest BCUT2D eigenvalue weighted by atomic mass is 10.0. The van der Waals surface area contributed by atoms with Gasteiger partial charge in [0.25, 0.3) is 0 Å². The standard InChI is InChI=1S/C17H27NO3/c1-4-6-8-17(18(20)14(3)19)15-9-11-16(12-10-15)21-13-7-5-2/h9-12,17,20H,4-8,13H2,1-3H3. The molecule has 0 saturated heterocycles. The fourth-order valence-corrected chi connectivity index (χ4v) is 2.17. The molecule has 1 atom stereocenters. The fraction of sp³-hybridized carbons (Fsp3) is 0.588. The van der Waals surface area contributed by atoms with Gasteiger partial charge in [-0.3, -0.25) is 10.0 Å². The van der Waals surface area contributed by atoms with Gasteiger partial charge in [-0.25, -0.2) is 5.06 Å². The van der Waals surface area contributed by atoms with Gasteiger partial charge in [0.2, 0.25) is 5.91 Å². The number of amides is 1. The van der Waals surface area contributed by atoms with Gasteiger partial charge in [-0.15, -0.1) is 0 Å². The van der Waals surface area contributed by atoms with Gasteiger partial charge in [0.05, 0.1) is 12.6 Å². The molecule has 1 unspecified atom stereocenters. The van der Waals surface area contributed by atoms with E-state index in [1.54, 1.807) is 0 Å². The molecule has 0 aliphatic rings. The van der Waals surface area contributed by atoms with E-state index in [1.165, 1.54) is 6.92 Å². The number of hydrogen-bond donors (Lipinski definition) is 1. The monoisotopic (exact) mass is 293 g/mol. The lowest BCUT2D eigenvalue weighted by Gasteiger charge is -2.25. The quantitative estimate of drug-likeness (QED) is 0.419.